The summed E-state index contributed by atoms with van der Waals surface area (Å²) < 4.78 is 0. The van der Waals surface area contributed by atoms with Crippen LogP contribution < -0.4 is 5.32 Å². The van der Waals surface area contributed by atoms with Crippen molar-refractivity contribution in [3.05, 3.63) is 65.2 Å². The van der Waals surface area contributed by atoms with E-state index in [4.69, 9.17) is 0 Å². The van der Waals surface area contributed by atoms with Gasteiger partial charge in [0, 0.05) is 17.0 Å². The van der Waals surface area contributed by atoms with E-state index in [0.717, 1.165) is 16.3 Å². The van der Waals surface area contributed by atoms with Gasteiger partial charge < -0.3 is 5.32 Å². The molecule has 0 atom stereocenters. The Morgan fingerprint density at radius 3 is 2.90 bits per heavy atom. The maximum Gasteiger partial charge on any atom is 0.244 e. The van der Waals surface area contributed by atoms with Gasteiger partial charge in [-0.1, -0.05) is 42.5 Å². The molecule has 1 heterocycles. The molecule has 1 amide bonds. The van der Waals surface area contributed by atoms with Gasteiger partial charge in [0.2, 0.25) is 5.91 Å². The van der Waals surface area contributed by atoms with Crippen LogP contribution in [0.4, 0.5) is 0 Å². The Balaban J connectivity index is 1.98. The van der Waals surface area contributed by atoms with E-state index in [9.17, 15) is 4.79 Å². The molecule has 0 radical (unpaired) electrons. The molecule has 0 spiro atoms. The Morgan fingerprint density at radius 1 is 1.33 bits per heavy atom. The van der Waals surface area contributed by atoms with Gasteiger partial charge in [0.25, 0.3) is 0 Å². The summed E-state index contributed by atoms with van der Waals surface area (Å²) in [7, 11) is 0. The summed E-state index contributed by atoms with van der Waals surface area (Å²) in [6.07, 6.45) is 6.92. The molecule has 3 nitrogen and oxygen atoms in total. The molecule has 108 valence electrons. The highest BCUT2D eigenvalue weighted by molar-refractivity contribution is 7.13. The predicted molar refractivity (Wildman–Crippen MR) is 88.1 cm³/mol. The van der Waals surface area contributed by atoms with E-state index >= 15 is 0 Å². The van der Waals surface area contributed by atoms with Crippen molar-refractivity contribution in [3.63, 3.8) is 0 Å². The van der Waals surface area contributed by atoms with Gasteiger partial charge in [0.15, 0.2) is 0 Å². The predicted octanol–water partition coefficient (Wildman–Crippen LogP) is 3.87. The number of nitrogens with zero attached hydrogens (tertiary/aromatic N) is 1. The molecule has 2 rings (SSSR count). The third-order valence-corrected chi connectivity index (χ3v) is 3.85. The summed E-state index contributed by atoms with van der Waals surface area (Å²) in [5.41, 5.74) is 3.23. The van der Waals surface area contributed by atoms with Crippen LogP contribution >= 0.6 is 11.3 Å². The maximum absolute atomic E-state index is 11.6. The Bertz CT molecular complexity index is 671. The lowest BCUT2D eigenvalue weighted by atomic mass is 10.1. The number of aryl methyl sites for hydroxylation is 1. The van der Waals surface area contributed by atoms with E-state index in [1.165, 1.54) is 11.6 Å². The van der Waals surface area contributed by atoms with Crippen LogP contribution in [0.5, 0.6) is 0 Å². The van der Waals surface area contributed by atoms with Crippen molar-refractivity contribution in [2.24, 2.45) is 0 Å². The highest BCUT2D eigenvalue weighted by atomic mass is 32.1. The summed E-state index contributed by atoms with van der Waals surface area (Å²) in [5, 5.41) is 5.79. The summed E-state index contributed by atoms with van der Waals surface area (Å²) in [4.78, 5) is 16.1. The van der Waals surface area contributed by atoms with Crippen LogP contribution in [0.15, 0.2) is 53.9 Å². The molecule has 1 aromatic heterocycles. The number of benzene rings is 1. The van der Waals surface area contributed by atoms with Gasteiger partial charge >= 0.3 is 0 Å². The third-order valence-electron chi connectivity index (χ3n) is 2.92. The van der Waals surface area contributed by atoms with Gasteiger partial charge in [-0.25, -0.2) is 4.98 Å². The number of hydrogen-bond donors (Lipinski definition) is 1. The molecule has 0 unspecified atom stereocenters. The summed E-state index contributed by atoms with van der Waals surface area (Å²) in [6.45, 7) is 4.43. The molecule has 0 aliphatic heterocycles. The van der Waals surface area contributed by atoms with Crippen LogP contribution in [0.25, 0.3) is 10.6 Å². The Labute approximate surface area is 129 Å². The van der Waals surface area contributed by atoms with Crippen molar-refractivity contribution in [2.45, 2.75) is 20.4 Å². The fourth-order valence-electron chi connectivity index (χ4n) is 1.82. The molecule has 21 heavy (non-hydrogen) atoms. The van der Waals surface area contributed by atoms with Crippen molar-refractivity contribution >= 4 is 17.2 Å². The van der Waals surface area contributed by atoms with Crippen molar-refractivity contribution in [3.8, 4) is 10.6 Å². The standard InChI is InChI=1S/C17H18N2OS/c1-3-4-5-10-16(20)18-11-14-12-21-17(19-14)15-9-7-6-8-13(15)2/h3-10,12H,11H2,1-2H3,(H,18,20)/b4-3+,10-5+. The second kappa shape index (κ2) is 7.55. The van der Waals surface area contributed by atoms with Crippen molar-refractivity contribution in [2.75, 3.05) is 0 Å². The van der Waals surface area contributed by atoms with Gasteiger partial charge in [-0.15, -0.1) is 11.3 Å². The van der Waals surface area contributed by atoms with Crippen LogP contribution in [0.3, 0.4) is 0 Å². The molecule has 4 heteroatoms. The molecular formula is C17H18N2OS. The van der Waals surface area contributed by atoms with Gasteiger partial charge in [-0.05, 0) is 19.4 Å². The number of nitrogens with one attached hydrogen (secondary N) is 1. The average Bonchev–Trinajstić information content (AvgIpc) is 2.94. The van der Waals surface area contributed by atoms with Crippen LogP contribution in [0.2, 0.25) is 0 Å². The average molecular weight is 298 g/mol. The van der Waals surface area contributed by atoms with Gasteiger partial charge in [-0.2, -0.15) is 0 Å². The van der Waals surface area contributed by atoms with Gasteiger partial charge in [0.05, 0.1) is 12.2 Å². The molecular weight excluding hydrogens is 280 g/mol. The largest absolute Gasteiger partial charge is 0.347 e. The van der Waals surface area contributed by atoms with E-state index < -0.39 is 0 Å². The SMILES string of the molecule is C/C=C/C=C/C(=O)NCc1csc(-c2ccccc2C)n1. The minimum atomic E-state index is -0.112. The molecule has 0 saturated heterocycles. The minimum absolute atomic E-state index is 0.112. The number of aromatic nitrogens is 1. The van der Waals surface area contributed by atoms with Crippen LogP contribution in [0, 0.1) is 6.92 Å². The van der Waals surface area contributed by atoms with E-state index in [1.807, 2.05) is 36.6 Å². The molecule has 0 bridgehead atoms. The summed E-state index contributed by atoms with van der Waals surface area (Å²) in [6, 6.07) is 8.17. The number of rotatable bonds is 5. The molecule has 0 saturated carbocycles. The monoisotopic (exact) mass is 298 g/mol. The van der Waals surface area contributed by atoms with Crippen LogP contribution in [0.1, 0.15) is 18.2 Å². The first-order valence-corrected chi connectivity index (χ1v) is 7.66. The number of carbonyl (C=O) groups is 1. The fraction of sp³-hybridized carbons (Fsp3) is 0.176. The smallest absolute Gasteiger partial charge is 0.244 e. The molecule has 1 N–H and O–H groups in total. The molecule has 0 aliphatic carbocycles. The number of thiazole rings is 1. The molecule has 0 aliphatic rings. The second-order valence-electron chi connectivity index (χ2n) is 4.56. The third kappa shape index (κ3) is 4.39. The van der Waals surface area contributed by atoms with E-state index in [1.54, 1.807) is 17.4 Å². The van der Waals surface area contributed by atoms with E-state index in [0.29, 0.717) is 6.54 Å². The number of amides is 1. The number of allylic oxidation sites excluding steroid dienone is 3. The Hall–Kier alpha value is -2.20. The maximum atomic E-state index is 11.6. The molecule has 0 fully saturated rings. The Kier molecular flexibility index (Phi) is 5.46. The molecule has 2 aromatic rings. The van der Waals surface area contributed by atoms with Gasteiger partial charge in [0.1, 0.15) is 5.01 Å². The fourth-order valence-corrected chi connectivity index (χ4v) is 2.73. The van der Waals surface area contributed by atoms with Crippen molar-refractivity contribution < 1.29 is 4.79 Å². The first kappa shape index (κ1) is 15.2. The first-order valence-electron chi connectivity index (χ1n) is 6.78. The quantitative estimate of drug-likeness (QED) is 0.672. The summed E-state index contributed by atoms with van der Waals surface area (Å²) in [5.74, 6) is -0.112. The number of hydrogen-bond acceptors (Lipinski definition) is 3. The van der Waals surface area contributed by atoms with Gasteiger partial charge in [-0.3, -0.25) is 4.79 Å². The minimum Gasteiger partial charge on any atom is -0.347 e. The zero-order valence-electron chi connectivity index (χ0n) is 12.2. The molecule has 1 aromatic carbocycles. The lowest BCUT2D eigenvalue weighted by Gasteiger charge is -2.01. The normalized spacial score (nSPS) is 11.3. The van der Waals surface area contributed by atoms with E-state index in [2.05, 4.69) is 29.4 Å². The topological polar surface area (TPSA) is 42.0 Å². The van der Waals surface area contributed by atoms with E-state index in [-0.39, 0.29) is 5.91 Å². The van der Waals surface area contributed by atoms with Crippen molar-refractivity contribution in [1.29, 1.82) is 0 Å². The van der Waals surface area contributed by atoms with Crippen LogP contribution in [-0.2, 0) is 11.3 Å². The lowest BCUT2D eigenvalue weighted by molar-refractivity contribution is -0.116. The van der Waals surface area contributed by atoms with Crippen molar-refractivity contribution in [1.82, 2.24) is 10.3 Å². The highest BCUT2D eigenvalue weighted by Crippen LogP contribution is 2.26. The second-order valence-corrected chi connectivity index (χ2v) is 5.42. The van der Waals surface area contributed by atoms with Crippen LogP contribution in [-0.4, -0.2) is 10.9 Å². The zero-order valence-corrected chi connectivity index (χ0v) is 13.0. The highest BCUT2D eigenvalue weighted by Gasteiger charge is 2.07. The first-order chi connectivity index (χ1) is 10.2. The Morgan fingerprint density at radius 2 is 2.14 bits per heavy atom. The lowest BCUT2D eigenvalue weighted by Crippen LogP contribution is -2.20. The summed E-state index contributed by atoms with van der Waals surface area (Å²) >= 11 is 1.60. The zero-order chi connectivity index (χ0) is 15.1. The number of carbonyl (C=O) groups excluding carboxylic acids is 1.